The fourth-order valence-corrected chi connectivity index (χ4v) is 7.23. The number of likely N-dealkylation sites (tertiary alicyclic amines) is 1. The maximum absolute atomic E-state index is 13.6. The van der Waals surface area contributed by atoms with Crippen molar-refractivity contribution in [1.29, 1.82) is 0 Å². The quantitative estimate of drug-likeness (QED) is 0.716. The maximum atomic E-state index is 13.6. The predicted octanol–water partition coefficient (Wildman–Crippen LogP) is 4.64. The van der Waals surface area contributed by atoms with Crippen molar-refractivity contribution in [2.45, 2.75) is 90.0 Å². The summed E-state index contributed by atoms with van der Waals surface area (Å²) in [5, 5.41) is 19.9. The average molecular weight is 406 g/mol. The molecule has 0 aromatic rings. The van der Waals surface area contributed by atoms with E-state index >= 15 is 0 Å². The predicted molar refractivity (Wildman–Crippen MR) is 115 cm³/mol. The van der Waals surface area contributed by atoms with E-state index in [4.69, 9.17) is 0 Å². The van der Waals surface area contributed by atoms with E-state index in [1.807, 2.05) is 0 Å². The molecule has 4 aliphatic rings. The number of aliphatic hydroxyl groups excluding tert-OH is 2. The Morgan fingerprint density at radius 1 is 1.17 bits per heavy atom. The van der Waals surface area contributed by atoms with Gasteiger partial charge in [-0.25, -0.2) is 4.39 Å². The Kier molecular flexibility index (Phi) is 6.53. The first-order valence-corrected chi connectivity index (χ1v) is 12.0. The highest BCUT2D eigenvalue weighted by atomic mass is 19.1. The van der Waals surface area contributed by atoms with Crippen LogP contribution in [0.25, 0.3) is 0 Å². The summed E-state index contributed by atoms with van der Waals surface area (Å²) in [4.78, 5) is 2.34. The van der Waals surface area contributed by atoms with Crippen molar-refractivity contribution in [3.05, 3.63) is 23.3 Å². The SMILES string of the molecule is CC(CN1CCC(F)C1)[C@H]1CC[C@H]2C(=CC=C3C[C@@H](O)C[C@H](O)C3)CCC[C@]12C. The fraction of sp³-hybridized carbons (Fsp3) is 0.840. The van der Waals surface area contributed by atoms with E-state index in [2.05, 4.69) is 30.9 Å². The summed E-state index contributed by atoms with van der Waals surface area (Å²) in [6.45, 7) is 7.52. The molecule has 3 aliphatic carbocycles. The molecule has 0 aromatic carbocycles. The summed E-state index contributed by atoms with van der Waals surface area (Å²) in [7, 11) is 0. The summed E-state index contributed by atoms with van der Waals surface area (Å²) in [6, 6.07) is 0. The van der Waals surface area contributed by atoms with Crippen LogP contribution in [0.3, 0.4) is 0 Å². The van der Waals surface area contributed by atoms with Gasteiger partial charge in [-0.15, -0.1) is 0 Å². The van der Waals surface area contributed by atoms with Crippen LogP contribution in [0.1, 0.15) is 71.6 Å². The van der Waals surface area contributed by atoms with Crippen molar-refractivity contribution in [3.8, 4) is 0 Å². The van der Waals surface area contributed by atoms with E-state index < -0.39 is 18.4 Å². The molecule has 2 N–H and O–H groups in total. The summed E-state index contributed by atoms with van der Waals surface area (Å²) < 4.78 is 13.6. The highest BCUT2D eigenvalue weighted by Crippen LogP contribution is 2.59. The Morgan fingerprint density at radius 3 is 2.62 bits per heavy atom. The molecule has 164 valence electrons. The Bertz CT molecular complexity index is 635. The number of fused-ring (bicyclic) bond motifs is 1. The van der Waals surface area contributed by atoms with Crippen molar-refractivity contribution in [3.63, 3.8) is 0 Å². The highest BCUT2D eigenvalue weighted by molar-refractivity contribution is 5.26. The molecule has 2 unspecified atom stereocenters. The summed E-state index contributed by atoms with van der Waals surface area (Å²) in [5.74, 6) is 2.00. The van der Waals surface area contributed by atoms with Gasteiger partial charge in [-0.05, 0) is 81.0 Å². The van der Waals surface area contributed by atoms with Gasteiger partial charge < -0.3 is 15.1 Å². The van der Waals surface area contributed by atoms with Crippen LogP contribution in [0, 0.1) is 23.2 Å². The largest absolute Gasteiger partial charge is 0.393 e. The molecule has 0 radical (unpaired) electrons. The number of rotatable bonds is 4. The number of hydrogen-bond donors (Lipinski definition) is 2. The van der Waals surface area contributed by atoms with E-state index in [1.165, 1.54) is 37.7 Å². The van der Waals surface area contributed by atoms with E-state index in [0.29, 0.717) is 49.5 Å². The first-order chi connectivity index (χ1) is 13.8. The van der Waals surface area contributed by atoms with Crippen LogP contribution in [0.2, 0.25) is 0 Å². The zero-order valence-electron chi connectivity index (χ0n) is 18.3. The third-order valence-corrected chi connectivity index (χ3v) is 8.56. The van der Waals surface area contributed by atoms with Gasteiger partial charge in [0.1, 0.15) is 6.17 Å². The van der Waals surface area contributed by atoms with Crippen molar-refractivity contribution in [2.24, 2.45) is 23.2 Å². The molecule has 0 aromatic heterocycles. The highest BCUT2D eigenvalue weighted by Gasteiger charge is 2.50. The molecule has 1 saturated heterocycles. The number of aliphatic hydroxyl groups is 2. The van der Waals surface area contributed by atoms with E-state index in [-0.39, 0.29) is 0 Å². The van der Waals surface area contributed by atoms with Gasteiger partial charge in [-0.1, -0.05) is 37.1 Å². The molecule has 4 rings (SSSR count). The fourth-order valence-electron chi connectivity index (χ4n) is 7.23. The minimum absolute atomic E-state index is 0.364. The standard InChI is InChI=1S/C25H40FNO2/c1-17(15-27-11-9-20(26)16-27)23-7-8-24-19(4-3-10-25(23,24)2)6-5-18-12-21(28)14-22(29)13-18/h5-6,17,20-24,28-29H,3-4,7-16H2,1-2H3/t17?,20?,21-,22-,23-,24+,25-/m1/s1. The lowest BCUT2D eigenvalue weighted by molar-refractivity contribution is 0.0609. The lowest BCUT2D eigenvalue weighted by atomic mass is 9.61. The third kappa shape index (κ3) is 4.65. The second-order valence-corrected chi connectivity index (χ2v) is 10.7. The molecule has 3 nitrogen and oxygen atoms in total. The Hall–Kier alpha value is -0.710. The lowest BCUT2D eigenvalue weighted by Gasteiger charge is -2.45. The van der Waals surface area contributed by atoms with Gasteiger partial charge in [0.15, 0.2) is 0 Å². The van der Waals surface area contributed by atoms with E-state index in [9.17, 15) is 14.6 Å². The normalized spacial score (nSPS) is 43.6. The van der Waals surface area contributed by atoms with Crippen LogP contribution >= 0.6 is 0 Å². The minimum atomic E-state index is -0.622. The van der Waals surface area contributed by atoms with Crippen molar-refractivity contribution in [2.75, 3.05) is 19.6 Å². The zero-order chi connectivity index (χ0) is 20.6. The van der Waals surface area contributed by atoms with Crippen LogP contribution in [0.15, 0.2) is 23.3 Å². The van der Waals surface area contributed by atoms with Gasteiger partial charge in [0.05, 0.1) is 12.2 Å². The molecule has 29 heavy (non-hydrogen) atoms. The van der Waals surface area contributed by atoms with Gasteiger partial charge in [0.2, 0.25) is 0 Å². The molecule has 1 aliphatic heterocycles. The molecule has 0 bridgehead atoms. The molecular formula is C25H40FNO2. The molecule has 3 saturated carbocycles. The molecule has 1 heterocycles. The second kappa shape index (κ2) is 8.80. The van der Waals surface area contributed by atoms with Gasteiger partial charge in [-0.2, -0.15) is 0 Å². The van der Waals surface area contributed by atoms with Crippen LogP contribution in [0.5, 0.6) is 0 Å². The summed E-state index contributed by atoms with van der Waals surface area (Å²) in [5.41, 5.74) is 3.14. The Labute approximate surface area is 176 Å². The van der Waals surface area contributed by atoms with Crippen molar-refractivity contribution < 1.29 is 14.6 Å². The molecular weight excluding hydrogens is 365 g/mol. The molecule has 0 amide bonds. The average Bonchev–Trinajstić information content (AvgIpc) is 3.21. The molecule has 0 spiro atoms. The maximum Gasteiger partial charge on any atom is 0.114 e. The molecule has 4 heteroatoms. The third-order valence-electron chi connectivity index (χ3n) is 8.56. The second-order valence-electron chi connectivity index (χ2n) is 10.7. The zero-order valence-corrected chi connectivity index (χ0v) is 18.3. The van der Waals surface area contributed by atoms with Crippen molar-refractivity contribution in [1.82, 2.24) is 4.90 Å². The smallest absolute Gasteiger partial charge is 0.114 e. The number of hydrogen-bond acceptors (Lipinski definition) is 3. The van der Waals surface area contributed by atoms with Gasteiger partial charge in [0.25, 0.3) is 0 Å². The monoisotopic (exact) mass is 405 g/mol. The van der Waals surface area contributed by atoms with Crippen molar-refractivity contribution >= 4 is 0 Å². The van der Waals surface area contributed by atoms with E-state index in [1.54, 1.807) is 5.57 Å². The molecule has 4 fully saturated rings. The van der Waals surface area contributed by atoms with Gasteiger partial charge in [-0.3, -0.25) is 0 Å². The van der Waals surface area contributed by atoms with Crippen LogP contribution < -0.4 is 0 Å². The topological polar surface area (TPSA) is 43.7 Å². The summed E-state index contributed by atoms with van der Waals surface area (Å²) >= 11 is 0. The van der Waals surface area contributed by atoms with Crippen LogP contribution in [-0.2, 0) is 0 Å². The first kappa shape index (κ1) is 21.5. The number of allylic oxidation sites excluding steroid dienone is 3. The van der Waals surface area contributed by atoms with Crippen LogP contribution in [-0.4, -0.2) is 53.1 Å². The van der Waals surface area contributed by atoms with Crippen LogP contribution in [0.4, 0.5) is 4.39 Å². The Balaban J connectivity index is 1.44. The Morgan fingerprint density at radius 2 is 1.93 bits per heavy atom. The lowest BCUT2D eigenvalue weighted by Crippen LogP contribution is -2.39. The summed E-state index contributed by atoms with van der Waals surface area (Å²) in [6.07, 6.45) is 12.1. The number of halogens is 1. The van der Waals surface area contributed by atoms with Gasteiger partial charge >= 0.3 is 0 Å². The molecule has 7 atom stereocenters. The van der Waals surface area contributed by atoms with Gasteiger partial charge in [0, 0.05) is 19.6 Å². The van der Waals surface area contributed by atoms with E-state index in [0.717, 1.165) is 19.0 Å². The number of nitrogens with zero attached hydrogens (tertiary/aromatic N) is 1. The first-order valence-electron chi connectivity index (χ1n) is 12.0. The minimum Gasteiger partial charge on any atom is -0.393 e. The number of alkyl halides is 1.